The highest BCUT2D eigenvalue weighted by Crippen LogP contribution is 2.55. The Balaban J connectivity index is 1.04. The smallest absolute Gasteiger partial charge is 0.151 e. The van der Waals surface area contributed by atoms with Gasteiger partial charge in [-0.1, -0.05) is 159 Å². The first-order chi connectivity index (χ1) is 35.9. The Labute approximate surface area is 425 Å². The molecule has 0 spiro atoms. The molecule has 346 valence electrons. The fourth-order valence-electron chi connectivity index (χ4n) is 12.4. The lowest BCUT2D eigenvalue weighted by Gasteiger charge is -2.36. The summed E-state index contributed by atoms with van der Waals surface area (Å²) in [6.45, 7) is 4.76. The van der Waals surface area contributed by atoms with E-state index in [4.69, 9.17) is 9.47 Å². The summed E-state index contributed by atoms with van der Waals surface area (Å²) in [4.78, 5) is 4.81. The second kappa shape index (κ2) is 15.9. The van der Waals surface area contributed by atoms with Crippen molar-refractivity contribution >= 4 is 60.8 Å². The van der Waals surface area contributed by atoms with Crippen LogP contribution in [0.2, 0.25) is 0 Å². The third-order valence-corrected chi connectivity index (χ3v) is 15.8. The molecular weight excluding hydrogens is 889 g/mol. The zero-order valence-corrected chi connectivity index (χ0v) is 40.6. The van der Waals surface area contributed by atoms with Crippen molar-refractivity contribution in [3.63, 3.8) is 0 Å². The highest BCUT2D eigenvalue weighted by molar-refractivity contribution is 6.23. The second-order valence-electron chi connectivity index (χ2n) is 20.3. The number of rotatable bonds is 5. The summed E-state index contributed by atoms with van der Waals surface area (Å²) in [5.41, 5.74) is 18.8. The summed E-state index contributed by atoms with van der Waals surface area (Å²) < 4.78 is 13.2. The number of anilines is 5. The van der Waals surface area contributed by atoms with E-state index in [0.717, 1.165) is 64.3 Å². The summed E-state index contributed by atoms with van der Waals surface area (Å²) in [5.74, 6) is 3.43. The van der Waals surface area contributed by atoms with Gasteiger partial charge in [-0.15, -0.1) is 0 Å². The number of fused-ring (bicyclic) bond motifs is 9. The summed E-state index contributed by atoms with van der Waals surface area (Å²) in [6.07, 6.45) is 6.21. The molecule has 0 fully saturated rings. The van der Waals surface area contributed by atoms with Crippen molar-refractivity contribution in [2.75, 3.05) is 9.80 Å². The Morgan fingerprint density at radius 2 is 0.932 bits per heavy atom. The molecule has 0 atom stereocenters. The Morgan fingerprint density at radius 3 is 1.63 bits per heavy atom. The van der Waals surface area contributed by atoms with E-state index in [1.807, 2.05) is 12.1 Å². The maximum absolute atomic E-state index is 6.60. The van der Waals surface area contributed by atoms with Gasteiger partial charge in [0.25, 0.3) is 0 Å². The van der Waals surface area contributed by atoms with Crippen LogP contribution in [0, 0.1) is 0 Å². The molecule has 15 rings (SSSR count). The van der Waals surface area contributed by atoms with E-state index in [1.54, 1.807) is 0 Å². The number of hydrogen-bond acceptors (Lipinski definition) is 4. The van der Waals surface area contributed by atoms with E-state index in [2.05, 4.69) is 242 Å². The molecule has 2 aliphatic carbocycles. The predicted octanol–water partition coefficient (Wildman–Crippen LogP) is 19.1. The Morgan fingerprint density at radius 1 is 0.397 bits per heavy atom. The monoisotopic (exact) mass is 936 g/mol. The molecule has 2 heterocycles. The molecule has 11 aromatic rings. The van der Waals surface area contributed by atoms with Gasteiger partial charge >= 0.3 is 0 Å². The standard InChI is InChI=1S/C69H48N2O2/c1-69(2)57-19-7-6-18-51(57)52-35-32-48(40-58(52)69)68-54-37-34-49(70-59-20-8-12-24-63(59)72-64-25-13-9-21-60(64)70)41-55(54)67(47-31-30-45-38-44(28-29-46(45)39-47)43-16-4-3-5-17-43)53-36-33-50(42-56(53)68)71-61-22-10-14-26-65(61)73-66-27-15-11-23-62(66)71/h3-10,12-22,24-42H,11,23H2,1-2H3. The molecule has 4 heteroatoms. The van der Waals surface area contributed by atoms with Crippen LogP contribution in [0.15, 0.2) is 242 Å². The average Bonchev–Trinajstić information content (AvgIpc) is 3.67. The van der Waals surface area contributed by atoms with Crippen molar-refractivity contribution in [1.29, 1.82) is 0 Å². The molecule has 0 aromatic heterocycles. The van der Waals surface area contributed by atoms with Crippen LogP contribution < -0.4 is 19.3 Å². The van der Waals surface area contributed by atoms with E-state index in [-0.39, 0.29) is 5.41 Å². The van der Waals surface area contributed by atoms with Crippen LogP contribution in [0.5, 0.6) is 17.2 Å². The molecule has 0 radical (unpaired) electrons. The van der Waals surface area contributed by atoms with E-state index in [9.17, 15) is 0 Å². The summed E-state index contributed by atoms with van der Waals surface area (Å²) in [5, 5.41) is 7.15. The molecule has 73 heavy (non-hydrogen) atoms. The summed E-state index contributed by atoms with van der Waals surface area (Å²) in [7, 11) is 0. The van der Waals surface area contributed by atoms with Gasteiger partial charge in [0.1, 0.15) is 5.76 Å². The van der Waals surface area contributed by atoms with Gasteiger partial charge < -0.3 is 19.3 Å². The van der Waals surface area contributed by atoms with Crippen molar-refractivity contribution in [3.05, 3.63) is 253 Å². The first-order valence-electron chi connectivity index (χ1n) is 25.5. The van der Waals surface area contributed by atoms with Crippen LogP contribution in [0.25, 0.3) is 76.8 Å². The van der Waals surface area contributed by atoms with Gasteiger partial charge in [0, 0.05) is 16.8 Å². The average molecular weight is 937 g/mol. The number of allylic oxidation sites excluding steroid dienone is 3. The van der Waals surface area contributed by atoms with Crippen molar-refractivity contribution in [2.45, 2.75) is 32.1 Å². The summed E-state index contributed by atoms with van der Waals surface area (Å²) in [6, 6.07) is 80.3. The topological polar surface area (TPSA) is 24.9 Å². The minimum Gasteiger partial charge on any atom is -0.453 e. The maximum Gasteiger partial charge on any atom is 0.151 e. The summed E-state index contributed by atoms with van der Waals surface area (Å²) >= 11 is 0. The predicted molar refractivity (Wildman–Crippen MR) is 302 cm³/mol. The van der Waals surface area contributed by atoms with Crippen molar-refractivity contribution in [2.24, 2.45) is 0 Å². The van der Waals surface area contributed by atoms with Crippen LogP contribution in [-0.2, 0) is 5.41 Å². The fraction of sp³-hybridized carbons (Fsp3) is 0.0725. The van der Waals surface area contributed by atoms with E-state index < -0.39 is 0 Å². The van der Waals surface area contributed by atoms with Gasteiger partial charge in [-0.25, -0.2) is 0 Å². The minimum atomic E-state index is -0.177. The first-order valence-corrected chi connectivity index (χ1v) is 25.5. The molecule has 0 amide bonds. The minimum absolute atomic E-state index is 0.177. The molecule has 0 saturated carbocycles. The highest BCUT2D eigenvalue weighted by atomic mass is 16.5. The lowest BCUT2D eigenvalue weighted by Crippen LogP contribution is -2.25. The highest BCUT2D eigenvalue weighted by Gasteiger charge is 2.36. The molecular formula is C69H48N2O2. The van der Waals surface area contributed by atoms with Crippen LogP contribution in [-0.4, -0.2) is 0 Å². The van der Waals surface area contributed by atoms with Crippen LogP contribution in [0.1, 0.15) is 37.8 Å². The Bertz CT molecular complexity index is 4160. The zero-order chi connectivity index (χ0) is 48.4. The number of ether oxygens (including phenoxy) is 2. The number of para-hydroxylation sites is 6. The van der Waals surface area contributed by atoms with E-state index in [0.29, 0.717) is 0 Å². The third kappa shape index (κ3) is 6.40. The molecule has 2 aliphatic heterocycles. The van der Waals surface area contributed by atoms with E-state index in [1.165, 1.54) is 93.6 Å². The van der Waals surface area contributed by atoms with Gasteiger partial charge in [0.05, 0.1) is 22.8 Å². The van der Waals surface area contributed by atoms with E-state index >= 15 is 0 Å². The van der Waals surface area contributed by atoms with Crippen molar-refractivity contribution in [3.8, 4) is 61.8 Å². The number of nitrogens with zero attached hydrogens (tertiary/aromatic N) is 2. The zero-order valence-electron chi connectivity index (χ0n) is 40.6. The van der Waals surface area contributed by atoms with Gasteiger partial charge in [0.2, 0.25) is 0 Å². The second-order valence-corrected chi connectivity index (χ2v) is 20.3. The van der Waals surface area contributed by atoms with Crippen molar-refractivity contribution in [1.82, 2.24) is 0 Å². The Kier molecular flexibility index (Phi) is 9.10. The molecule has 11 aromatic carbocycles. The molecule has 0 bridgehead atoms. The van der Waals surface area contributed by atoms with Gasteiger partial charge in [-0.05, 0) is 186 Å². The third-order valence-electron chi connectivity index (χ3n) is 15.8. The van der Waals surface area contributed by atoms with Crippen LogP contribution in [0.3, 0.4) is 0 Å². The molecule has 4 aliphatic rings. The SMILES string of the molecule is CC1(C)c2ccccc2-c2ccc(-c3c4ccc(N5c6ccccc6Oc6ccccc65)cc4c(-c4ccc5cc(-c6ccccc6)ccc5c4)c4ccc(N5C6=C(C=CCC6)Oc6ccccc65)cc34)cc21. The molecule has 0 saturated heterocycles. The lowest BCUT2D eigenvalue weighted by atomic mass is 9.80. The molecule has 0 unspecified atom stereocenters. The quantitative estimate of drug-likeness (QED) is 0.161. The lowest BCUT2D eigenvalue weighted by molar-refractivity contribution is 0.421. The molecule has 4 nitrogen and oxygen atoms in total. The van der Waals surface area contributed by atoms with Gasteiger partial charge in [-0.2, -0.15) is 0 Å². The maximum atomic E-state index is 6.60. The van der Waals surface area contributed by atoms with Crippen LogP contribution >= 0.6 is 0 Å². The van der Waals surface area contributed by atoms with Crippen molar-refractivity contribution < 1.29 is 9.47 Å². The van der Waals surface area contributed by atoms with Crippen LogP contribution in [0.4, 0.5) is 28.4 Å². The van der Waals surface area contributed by atoms with Gasteiger partial charge in [0.15, 0.2) is 17.2 Å². The van der Waals surface area contributed by atoms with Gasteiger partial charge in [-0.3, -0.25) is 0 Å². The Hall–Kier alpha value is -9.12. The largest absolute Gasteiger partial charge is 0.453 e. The fourth-order valence-corrected chi connectivity index (χ4v) is 12.4. The first kappa shape index (κ1) is 41.6. The normalized spacial score (nSPS) is 14.8. The number of hydrogen-bond donors (Lipinski definition) is 0. The molecule has 0 N–H and O–H groups in total. The number of benzene rings is 11.